The number of aromatic hydroxyl groups is 1. The zero-order chi connectivity index (χ0) is 32.3. The van der Waals surface area contributed by atoms with E-state index in [9.17, 15) is 19.1 Å². The third kappa shape index (κ3) is 5.52. The molecule has 2 saturated heterocycles. The summed E-state index contributed by atoms with van der Waals surface area (Å²) < 4.78 is 22.5. The van der Waals surface area contributed by atoms with Gasteiger partial charge in [0.25, 0.3) is 5.91 Å². The van der Waals surface area contributed by atoms with Crippen LogP contribution in [0.1, 0.15) is 49.1 Å². The van der Waals surface area contributed by atoms with E-state index in [-0.39, 0.29) is 30.6 Å². The molecule has 2 aliphatic heterocycles. The minimum absolute atomic E-state index is 0.0219. The molecule has 0 radical (unpaired) electrons. The fourth-order valence-corrected chi connectivity index (χ4v) is 7.42. The van der Waals surface area contributed by atoms with E-state index in [1.54, 1.807) is 29.2 Å². The van der Waals surface area contributed by atoms with Crippen molar-refractivity contribution < 1.29 is 23.8 Å². The first-order valence-corrected chi connectivity index (χ1v) is 16.3. The van der Waals surface area contributed by atoms with Gasteiger partial charge in [-0.3, -0.25) is 9.59 Å². The molecule has 4 heterocycles. The maximum Gasteiger partial charge on any atom is 0.258 e. The number of hydrogen-bond donors (Lipinski definition) is 3. The molecule has 2 bridgehead atoms. The second-order valence-corrected chi connectivity index (χ2v) is 13.3. The van der Waals surface area contributed by atoms with Crippen LogP contribution >= 0.6 is 0 Å². The number of aromatic nitrogens is 3. The van der Waals surface area contributed by atoms with Crippen molar-refractivity contribution in [3.63, 3.8) is 0 Å². The predicted molar refractivity (Wildman–Crippen MR) is 175 cm³/mol. The highest BCUT2D eigenvalue weighted by molar-refractivity contribution is 6.00. The van der Waals surface area contributed by atoms with Crippen LogP contribution in [0, 0.1) is 0 Å². The number of rotatable bonds is 8. The van der Waals surface area contributed by atoms with Gasteiger partial charge in [-0.05, 0) is 85.0 Å². The van der Waals surface area contributed by atoms with Crippen LogP contribution < -0.4 is 15.5 Å². The number of fused-ring (bicyclic) bond motifs is 3. The topological polar surface area (TPSA) is 122 Å². The van der Waals surface area contributed by atoms with E-state index in [0.717, 1.165) is 66.2 Å². The number of morpholine rings is 1. The van der Waals surface area contributed by atoms with E-state index in [4.69, 9.17) is 4.74 Å². The van der Waals surface area contributed by atoms with Gasteiger partial charge in [0.15, 0.2) is 5.67 Å². The highest BCUT2D eigenvalue weighted by atomic mass is 19.1. The third-order valence-electron chi connectivity index (χ3n) is 10.2. The number of nitrogens with zero attached hydrogens (tertiary/aromatic N) is 4. The van der Waals surface area contributed by atoms with Crippen LogP contribution in [0.25, 0.3) is 22.4 Å². The van der Waals surface area contributed by atoms with Crippen molar-refractivity contribution in [2.24, 2.45) is 7.05 Å². The fourth-order valence-electron chi connectivity index (χ4n) is 7.42. The van der Waals surface area contributed by atoms with Crippen LogP contribution in [0.15, 0.2) is 67.3 Å². The van der Waals surface area contributed by atoms with E-state index in [1.165, 1.54) is 6.07 Å². The summed E-state index contributed by atoms with van der Waals surface area (Å²) in [7, 11) is 1.83. The Morgan fingerprint density at radius 1 is 1.13 bits per heavy atom. The molecule has 3 N–H and O–H groups in total. The Bertz CT molecular complexity index is 1870. The SMILES string of the molecule is Cn1cncc1-c1ccc(NC(=O)[C@@H](NC(=O)C2(F)CC2)[C@@H]2CCCc3ccc(-c4ccnc(N5C[C@H]6C[C@@H]5CO6)c4)cc32)cc1O. The Labute approximate surface area is 272 Å². The van der Waals surface area contributed by atoms with Crippen LogP contribution in [0.2, 0.25) is 0 Å². The number of phenols is 1. The summed E-state index contributed by atoms with van der Waals surface area (Å²) >= 11 is 0. The molecule has 4 aromatic rings. The summed E-state index contributed by atoms with van der Waals surface area (Å²) in [6.07, 6.45) is 9.03. The van der Waals surface area contributed by atoms with Crippen LogP contribution in [0.4, 0.5) is 15.9 Å². The summed E-state index contributed by atoms with van der Waals surface area (Å²) in [6.45, 7) is 1.56. The van der Waals surface area contributed by atoms with Gasteiger partial charge in [0.1, 0.15) is 17.6 Å². The molecule has 242 valence electrons. The van der Waals surface area contributed by atoms with E-state index in [1.807, 2.05) is 19.3 Å². The van der Waals surface area contributed by atoms with E-state index < -0.39 is 23.5 Å². The minimum Gasteiger partial charge on any atom is -0.507 e. The van der Waals surface area contributed by atoms with Crippen LogP contribution in [-0.4, -0.2) is 68.5 Å². The van der Waals surface area contributed by atoms with E-state index in [0.29, 0.717) is 23.7 Å². The lowest BCUT2D eigenvalue weighted by molar-refractivity contribution is -0.131. The molecule has 47 heavy (non-hydrogen) atoms. The number of benzene rings is 2. The van der Waals surface area contributed by atoms with E-state index in [2.05, 4.69) is 49.8 Å². The number of carbonyl (C=O) groups excluding carboxylic acids is 2. The van der Waals surface area contributed by atoms with Crippen molar-refractivity contribution in [1.29, 1.82) is 0 Å². The number of ether oxygens (including phenoxy) is 1. The van der Waals surface area contributed by atoms with Crippen LogP contribution in [-0.2, 0) is 27.8 Å². The number of amides is 2. The zero-order valence-corrected chi connectivity index (χ0v) is 26.2. The molecule has 2 aromatic carbocycles. The first-order valence-electron chi connectivity index (χ1n) is 16.3. The molecule has 10 nitrogen and oxygen atoms in total. The quantitative estimate of drug-likeness (QED) is 0.252. The van der Waals surface area contributed by atoms with Crippen molar-refractivity contribution in [2.45, 2.75) is 68.3 Å². The minimum atomic E-state index is -1.94. The molecule has 2 aromatic heterocycles. The highest BCUT2D eigenvalue weighted by Crippen LogP contribution is 2.42. The van der Waals surface area contributed by atoms with Crippen molar-refractivity contribution in [1.82, 2.24) is 19.9 Å². The van der Waals surface area contributed by atoms with Gasteiger partial charge < -0.3 is 29.9 Å². The Balaban J connectivity index is 1.09. The molecule has 0 unspecified atom stereocenters. The number of alkyl halides is 1. The second kappa shape index (κ2) is 11.5. The zero-order valence-electron chi connectivity index (χ0n) is 26.2. The normalized spacial score (nSPS) is 22.9. The van der Waals surface area contributed by atoms with Gasteiger partial charge in [-0.15, -0.1) is 0 Å². The maximum atomic E-state index is 15.0. The average molecular weight is 637 g/mol. The van der Waals surface area contributed by atoms with Crippen molar-refractivity contribution in [3.05, 3.63) is 78.4 Å². The van der Waals surface area contributed by atoms with Crippen molar-refractivity contribution >= 4 is 23.3 Å². The molecule has 2 amide bonds. The summed E-state index contributed by atoms with van der Waals surface area (Å²) in [5, 5.41) is 16.5. The van der Waals surface area contributed by atoms with Gasteiger partial charge in [0.05, 0.1) is 37.0 Å². The number of imidazole rings is 1. The van der Waals surface area contributed by atoms with Gasteiger partial charge in [-0.2, -0.15) is 0 Å². The third-order valence-corrected chi connectivity index (χ3v) is 10.2. The number of phenolic OH excluding ortho intramolecular Hbond substituents is 1. The smallest absolute Gasteiger partial charge is 0.258 e. The predicted octanol–water partition coefficient (Wildman–Crippen LogP) is 4.88. The lowest BCUT2D eigenvalue weighted by atomic mass is 9.77. The van der Waals surface area contributed by atoms with Gasteiger partial charge in [-0.25, -0.2) is 14.4 Å². The van der Waals surface area contributed by atoms with Gasteiger partial charge in [0, 0.05) is 43.0 Å². The molecular weight excluding hydrogens is 599 g/mol. The Hall–Kier alpha value is -4.77. The van der Waals surface area contributed by atoms with Crippen LogP contribution in [0.5, 0.6) is 5.75 Å². The van der Waals surface area contributed by atoms with Gasteiger partial charge >= 0.3 is 0 Å². The maximum absolute atomic E-state index is 15.0. The highest BCUT2D eigenvalue weighted by Gasteiger charge is 2.52. The average Bonchev–Trinajstić information content (AvgIpc) is 3.39. The fraction of sp³-hybridized carbons (Fsp3) is 0.389. The van der Waals surface area contributed by atoms with Crippen molar-refractivity contribution in [2.75, 3.05) is 23.4 Å². The van der Waals surface area contributed by atoms with E-state index >= 15 is 0 Å². The number of pyridine rings is 1. The second-order valence-electron chi connectivity index (χ2n) is 13.3. The standard InChI is InChI=1S/C36H37FN6O4/c1-42-20-38-17-30(42)28-8-7-24(15-31(28)44)40-34(45)33(41-35(46)36(37)10-11-36)27-4-2-3-21-5-6-22(13-29(21)27)23-9-12-39-32(14-23)43-18-26-16-25(43)19-47-26/h5-9,12-15,17,20,25-27,33,44H,2-4,10-11,16,18-19H2,1H3,(H,40,45)(H,41,46)/t25-,26-,27-,33+/m1/s1. The molecule has 8 rings (SSSR count). The van der Waals surface area contributed by atoms with Gasteiger partial charge in [-0.1, -0.05) is 18.2 Å². The number of hydrogen-bond acceptors (Lipinski definition) is 7. The number of halogens is 1. The number of carbonyl (C=O) groups is 2. The Morgan fingerprint density at radius 2 is 1.98 bits per heavy atom. The monoisotopic (exact) mass is 636 g/mol. The molecular formula is C36H37FN6O4. The molecule has 3 fully saturated rings. The Kier molecular flexibility index (Phi) is 7.24. The number of nitrogens with one attached hydrogen (secondary N) is 2. The molecule has 2 aliphatic carbocycles. The lowest BCUT2D eigenvalue weighted by Gasteiger charge is -2.33. The molecule has 1 saturated carbocycles. The lowest BCUT2D eigenvalue weighted by Crippen LogP contribution is -2.51. The summed E-state index contributed by atoms with van der Waals surface area (Å²) in [5.74, 6) is -0.687. The largest absolute Gasteiger partial charge is 0.507 e. The first kappa shape index (κ1) is 29.6. The van der Waals surface area contributed by atoms with Crippen LogP contribution in [0.3, 0.4) is 0 Å². The molecule has 11 heteroatoms. The summed E-state index contributed by atoms with van der Waals surface area (Å²) in [4.78, 5) is 38.2. The Morgan fingerprint density at radius 3 is 2.70 bits per heavy atom. The number of anilines is 2. The number of aryl methyl sites for hydroxylation is 2. The van der Waals surface area contributed by atoms with Crippen molar-refractivity contribution in [3.8, 4) is 28.1 Å². The van der Waals surface area contributed by atoms with Gasteiger partial charge in [0.2, 0.25) is 5.91 Å². The molecule has 4 atom stereocenters. The summed E-state index contributed by atoms with van der Waals surface area (Å²) in [5.41, 5.74) is 3.81. The first-order chi connectivity index (χ1) is 22.8. The molecule has 4 aliphatic rings. The summed E-state index contributed by atoms with van der Waals surface area (Å²) in [6, 6.07) is 14.6. The molecule has 0 spiro atoms.